The number of hydrogen-bond donors (Lipinski definition) is 3. The molecule has 0 atom stereocenters. The van der Waals surface area contributed by atoms with Crippen molar-refractivity contribution in [3.63, 3.8) is 0 Å². The molecule has 0 saturated carbocycles. The van der Waals surface area contributed by atoms with E-state index in [1.165, 1.54) is 13.3 Å². The molecule has 25 heavy (non-hydrogen) atoms. The van der Waals surface area contributed by atoms with E-state index in [4.69, 9.17) is 11.2 Å². The van der Waals surface area contributed by atoms with Crippen LogP contribution in [-0.2, 0) is 0 Å². The molecule has 1 aromatic carbocycles. The minimum atomic E-state index is -0.359. The molecule has 2 aromatic heterocycles. The number of amides is 1. The van der Waals surface area contributed by atoms with Crippen LogP contribution in [0.1, 0.15) is 16.1 Å². The second-order valence-corrected chi connectivity index (χ2v) is 4.88. The topological polar surface area (TPSA) is 105 Å². The van der Waals surface area contributed by atoms with Crippen molar-refractivity contribution in [3.05, 3.63) is 54.0 Å². The predicted octanol–water partition coefficient (Wildman–Crippen LogP) is 2.19. The van der Waals surface area contributed by atoms with E-state index >= 15 is 0 Å². The smallest absolute Gasteiger partial charge is 0.274 e. The zero-order valence-corrected chi connectivity index (χ0v) is 13.3. The number of nitrogens with one attached hydrogen (secondary N) is 3. The van der Waals surface area contributed by atoms with Crippen LogP contribution in [0, 0.1) is 12.3 Å². The molecule has 3 N–H and O–H groups in total. The van der Waals surface area contributed by atoms with E-state index in [1.807, 2.05) is 0 Å². The fourth-order valence-electron chi connectivity index (χ4n) is 2.04. The third kappa shape index (κ3) is 3.73. The van der Waals surface area contributed by atoms with Gasteiger partial charge in [0.25, 0.3) is 5.91 Å². The summed E-state index contributed by atoms with van der Waals surface area (Å²) in [6.07, 6.45) is 8.34. The number of carbonyl (C=O) groups excluding carboxylic acids is 1. The standard InChI is InChI=1S/C17H14N6O2/c1-3-11-10-19-23-15(11)16(24)20-12-4-6-13(7-5-12)21-17-18-9-8-14(22-17)25-2/h1,4-10H,2H3,(H,19,23)(H,20,24)(H,18,21,22). The van der Waals surface area contributed by atoms with E-state index in [0.29, 0.717) is 23.1 Å². The lowest BCUT2D eigenvalue weighted by molar-refractivity contribution is 0.102. The van der Waals surface area contributed by atoms with Gasteiger partial charge in [0.2, 0.25) is 11.8 Å². The first kappa shape index (κ1) is 16.0. The molecular weight excluding hydrogens is 320 g/mol. The highest BCUT2D eigenvalue weighted by Crippen LogP contribution is 2.18. The van der Waals surface area contributed by atoms with Crippen molar-refractivity contribution in [2.24, 2.45) is 0 Å². The van der Waals surface area contributed by atoms with Crippen molar-refractivity contribution in [2.45, 2.75) is 0 Å². The van der Waals surface area contributed by atoms with Gasteiger partial charge < -0.3 is 15.4 Å². The average Bonchev–Trinajstić information content (AvgIpc) is 3.12. The number of methoxy groups -OCH3 is 1. The Morgan fingerprint density at radius 1 is 1.24 bits per heavy atom. The van der Waals surface area contributed by atoms with E-state index in [1.54, 1.807) is 36.5 Å². The maximum atomic E-state index is 12.2. The predicted molar refractivity (Wildman–Crippen MR) is 92.8 cm³/mol. The Balaban J connectivity index is 1.68. The largest absolute Gasteiger partial charge is 0.481 e. The van der Waals surface area contributed by atoms with Crippen LogP contribution in [0.2, 0.25) is 0 Å². The Labute approximate surface area is 143 Å². The number of hydrogen-bond acceptors (Lipinski definition) is 6. The van der Waals surface area contributed by atoms with E-state index in [2.05, 4.69) is 36.7 Å². The van der Waals surface area contributed by atoms with Gasteiger partial charge in [0, 0.05) is 23.6 Å². The number of nitrogens with zero attached hydrogens (tertiary/aromatic N) is 3. The normalized spacial score (nSPS) is 9.92. The molecule has 0 saturated heterocycles. The van der Waals surface area contributed by atoms with Gasteiger partial charge in [-0.1, -0.05) is 5.92 Å². The second kappa shape index (κ2) is 7.14. The van der Waals surface area contributed by atoms with Gasteiger partial charge >= 0.3 is 0 Å². The monoisotopic (exact) mass is 334 g/mol. The van der Waals surface area contributed by atoms with Crippen LogP contribution < -0.4 is 15.4 Å². The van der Waals surface area contributed by atoms with Gasteiger partial charge in [-0.05, 0) is 24.3 Å². The van der Waals surface area contributed by atoms with E-state index < -0.39 is 0 Å². The minimum Gasteiger partial charge on any atom is -0.481 e. The summed E-state index contributed by atoms with van der Waals surface area (Å²) in [5.74, 6) is 2.91. The number of carbonyl (C=O) groups is 1. The van der Waals surface area contributed by atoms with Crippen molar-refractivity contribution in [3.8, 4) is 18.2 Å². The van der Waals surface area contributed by atoms with Gasteiger partial charge in [0.15, 0.2) is 0 Å². The summed E-state index contributed by atoms with van der Waals surface area (Å²) in [4.78, 5) is 20.4. The molecule has 0 spiro atoms. The number of anilines is 3. The summed E-state index contributed by atoms with van der Waals surface area (Å²) in [6, 6.07) is 8.71. The molecule has 0 fully saturated rings. The van der Waals surface area contributed by atoms with Crippen molar-refractivity contribution in [1.82, 2.24) is 20.2 Å². The van der Waals surface area contributed by atoms with E-state index in [9.17, 15) is 4.79 Å². The number of H-pyrrole nitrogens is 1. The Morgan fingerprint density at radius 3 is 2.72 bits per heavy atom. The Bertz CT molecular complexity index is 927. The van der Waals surface area contributed by atoms with Crippen molar-refractivity contribution in [2.75, 3.05) is 17.7 Å². The summed E-state index contributed by atoms with van der Waals surface area (Å²) in [5.41, 5.74) is 2.03. The highest BCUT2D eigenvalue weighted by Gasteiger charge is 2.12. The molecule has 0 aliphatic carbocycles. The molecule has 1 amide bonds. The lowest BCUT2D eigenvalue weighted by atomic mass is 10.2. The van der Waals surface area contributed by atoms with Crippen LogP contribution >= 0.6 is 0 Å². The molecular formula is C17H14N6O2. The van der Waals surface area contributed by atoms with Gasteiger partial charge in [-0.15, -0.1) is 6.42 Å². The fourth-order valence-corrected chi connectivity index (χ4v) is 2.04. The van der Waals surface area contributed by atoms with Gasteiger partial charge in [0.1, 0.15) is 5.69 Å². The third-order valence-corrected chi connectivity index (χ3v) is 3.26. The number of aromatic amines is 1. The molecule has 0 bridgehead atoms. The Kier molecular flexibility index (Phi) is 4.58. The van der Waals surface area contributed by atoms with Crippen molar-refractivity contribution in [1.29, 1.82) is 0 Å². The van der Waals surface area contributed by atoms with Crippen LogP contribution in [0.4, 0.5) is 17.3 Å². The summed E-state index contributed by atoms with van der Waals surface area (Å²) in [5, 5.41) is 12.1. The van der Waals surface area contributed by atoms with Gasteiger partial charge in [-0.2, -0.15) is 10.1 Å². The van der Waals surface area contributed by atoms with Crippen molar-refractivity contribution >= 4 is 23.2 Å². The molecule has 0 aliphatic heterocycles. The molecule has 0 unspecified atom stereocenters. The fraction of sp³-hybridized carbons (Fsp3) is 0.0588. The third-order valence-electron chi connectivity index (χ3n) is 3.26. The number of rotatable bonds is 5. The highest BCUT2D eigenvalue weighted by atomic mass is 16.5. The van der Waals surface area contributed by atoms with Crippen LogP contribution in [0.3, 0.4) is 0 Å². The van der Waals surface area contributed by atoms with Crippen LogP contribution in [0.25, 0.3) is 0 Å². The number of benzene rings is 1. The Hall–Kier alpha value is -3.86. The Morgan fingerprint density at radius 2 is 2.00 bits per heavy atom. The van der Waals surface area contributed by atoms with Crippen LogP contribution in [0.15, 0.2) is 42.7 Å². The lowest BCUT2D eigenvalue weighted by Crippen LogP contribution is -2.13. The summed E-state index contributed by atoms with van der Waals surface area (Å²) in [7, 11) is 1.54. The summed E-state index contributed by atoms with van der Waals surface area (Å²) in [6.45, 7) is 0. The zero-order valence-electron chi connectivity index (χ0n) is 13.3. The van der Waals surface area contributed by atoms with Crippen molar-refractivity contribution < 1.29 is 9.53 Å². The first-order valence-electron chi connectivity index (χ1n) is 7.25. The lowest BCUT2D eigenvalue weighted by Gasteiger charge is -2.08. The van der Waals surface area contributed by atoms with Crippen LogP contribution in [0.5, 0.6) is 5.88 Å². The minimum absolute atomic E-state index is 0.245. The quantitative estimate of drug-likeness (QED) is 0.618. The van der Waals surface area contributed by atoms with Crippen LogP contribution in [-0.4, -0.2) is 33.2 Å². The molecule has 0 aliphatic rings. The second-order valence-electron chi connectivity index (χ2n) is 4.88. The SMILES string of the molecule is C#Cc1cn[nH]c1C(=O)Nc1ccc(Nc2nccc(OC)n2)cc1. The molecule has 8 nitrogen and oxygen atoms in total. The van der Waals surface area contributed by atoms with Gasteiger partial charge in [-0.3, -0.25) is 9.89 Å². The average molecular weight is 334 g/mol. The van der Waals surface area contributed by atoms with Gasteiger partial charge in [-0.25, -0.2) is 4.98 Å². The van der Waals surface area contributed by atoms with Gasteiger partial charge in [0.05, 0.1) is 18.9 Å². The molecule has 3 aromatic rings. The first-order valence-corrected chi connectivity index (χ1v) is 7.25. The molecule has 8 heteroatoms. The van der Waals surface area contributed by atoms with E-state index in [-0.39, 0.29) is 11.6 Å². The molecule has 0 radical (unpaired) electrons. The zero-order chi connectivity index (χ0) is 17.6. The maximum absolute atomic E-state index is 12.2. The number of aromatic nitrogens is 4. The molecule has 124 valence electrons. The van der Waals surface area contributed by atoms with E-state index in [0.717, 1.165) is 5.69 Å². The first-order chi connectivity index (χ1) is 12.2. The summed E-state index contributed by atoms with van der Waals surface area (Å²) >= 11 is 0. The number of terminal acetylenes is 1. The maximum Gasteiger partial charge on any atom is 0.274 e. The highest BCUT2D eigenvalue weighted by molar-refractivity contribution is 6.04. The number of ether oxygens (including phenoxy) is 1. The molecule has 3 rings (SSSR count). The summed E-state index contributed by atoms with van der Waals surface area (Å²) < 4.78 is 5.05. The molecule has 2 heterocycles.